The fourth-order valence-electron chi connectivity index (χ4n) is 5.26. The number of amides is 2. The summed E-state index contributed by atoms with van der Waals surface area (Å²) in [4.78, 5) is 29.3. The first-order chi connectivity index (χ1) is 16.8. The molecule has 0 radical (unpaired) electrons. The zero-order valence-corrected chi connectivity index (χ0v) is 21.5. The quantitative estimate of drug-likeness (QED) is 0.562. The smallest absolute Gasteiger partial charge is 0.407 e. The van der Waals surface area contributed by atoms with Crippen LogP contribution in [-0.4, -0.2) is 42.6 Å². The van der Waals surface area contributed by atoms with Crippen LogP contribution in [0.25, 0.3) is 11.1 Å². The summed E-state index contributed by atoms with van der Waals surface area (Å²) in [6.07, 6.45) is 4.17. The van der Waals surface area contributed by atoms with E-state index in [2.05, 4.69) is 46.6 Å². The lowest BCUT2D eigenvalue weighted by atomic mass is 9.89. The molecule has 1 saturated heterocycles. The molecule has 2 aliphatic rings. The molecule has 0 aromatic heterocycles. The van der Waals surface area contributed by atoms with E-state index in [-0.39, 0.29) is 23.9 Å². The predicted octanol–water partition coefficient (Wildman–Crippen LogP) is 5.91. The first-order valence-electron chi connectivity index (χ1n) is 13.0. The monoisotopic (exact) mass is 477 g/mol. The number of hydrogen-bond acceptors (Lipinski definition) is 4. The molecule has 2 amide bonds. The Kier molecular flexibility index (Phi) is 8.11. The van der Waals surface area contributed by atoms with Gasteiger partial charge in [0.2, 0.25) is 5.91 Å². The molecule has 0 bridgehead atoms. The Morgan fingerprint density at radius 2 is 1.71 bits per heavy atom. The van der Waals surface area contributed by atoms with Crippen molar-refractivity contribution in [3.05, 3.63) is 53.6 Å². The predicted molar refractivity (Wildman–Crippen MR) is 140 cm³/mol. The first-order valence-corrected chi connectivity index (χ1v) is 13.0. The number of carbonyl (C=O) groups is 2. The maximum Gasteiger partial charge on any atom is 0.407 e. The molecule has 2 aliphatic heterocycles. The Balaban J connectivity index is 1.57. The number of anilines is 1. The van der Waals surface area contributed by atoms with E-state index in [1.807, 2.05) is 31.7 Å². The Labute approximate surface area is 209 Å². The standard InChI is InChI=1S/C29H39N3O3/c1-20(2)19-35-29(34)30-27-16-21(3)32(22(4)33)28-13-12-25(17-26(27)28)24-10-8-23(9-11-24)18-31-14-6-5-7-15-31/h8-13,17,20-21,27H,5-7,14-16,18-19H2,1-4H3,(H,30,34)/t21-,27+/m1/s1. The Morgan fingerprint density at radius 3 is 2.37 bits per heavy atom. The third-order valence-corrected chi connectivity index (χ3v) is 7.00. The van der Waals surface area contributed by atoms with Crippen molar-refractivity contribution in [2.45, 2.75) is 72.0 Å². The summed E-state index contributed by atoms with van der Waals surface area (Å²) in [5.74, 6) is 0.283. The number of rotatable bonds is 6. The van der Waals surface area contributed by atoms with Gasteiger partial charge >= 0.3 is 6.09 Å². The summed E-state index contributed by atoms with van der Waals surface area (Å²) in [5.41, 5.74) is 5.35. The summed E-state index contributed by atoms with van der Waals surface area (Å²) in [5, 5.41) is 3.05. The lowest BCUT2D eigenvalue weighted by Crippen LogP contribution is -2.45. The normalized spacial score (nSPS) is 20.4. The minimum absolute atomic E-state index is 0.00870. The highest BCUT2D eigenvalue weighted by Gasteiger charge is 2.33. The molecule has 0 saturated carbocycles. The van der Waals surface area contributed by atoms with Gasteiger partial charge in [-0.05, 0) is 79.6 Å². The van der Waals surface area contributed by atoms with Crippen LogP contribution in [0.5, 0.6) is 0 Å². The Bertz CT molecular complexity index is 1030. The fourth-order valence-corrected chi connectivity index (χ4v) is 5.26. The van der Waals surface area contributed by atoms with Crippen LogP contribution < -0.4 is 10.2 Å². The van der Waals surface area contributed by atoms with Crippen LogP contribution in [0.15, 0.2) is 42.5 Å². The zero-order valence-electron chi connectivity index (χ0n) is 21.5. The van der Waals surface area contributed by atoms with Crippen LogP contribution >= 0.6 is 0 Å². The van der Waals surface area contributed by atoms with Gasteiger partial charge in [0.25, 0.3) is 0 Å². The van der Waals surface area contributed by atoms with Crippen LogP contribution in [0.4, 0.5) is 10.5 Å². The van der Waals surface area contributed by atoms with Crippen LogP contribution in [0.1, 0.15) is 70.5 Å². The average Bonchev–Trinajstić information content (AvgIpc) is 2.83. The third kappa shape index (κ3) is 6.23. The molecule has 0 spiro atoms. The molecule has 2 heterocycles. The molecule has 35 heavy (non-hydrogen) atoms. The molecule has 4 rings (SSSR count). The molecule has 2 atom stereocenters. The van der Waals surface area contributed by atoms with Gasteiger partial charge < -0.3 is 15.0 Å². The molecule has 0 unspecified atom stereocenters. The molecule has 1 N–H and O–H groups in total. The molecule has 2 aromatic rings. The van der Waals surface area contributed by atoms with E-state index >= 15 is 0 Å². The van der Waals surface area contributed by atoms with Gasteiger partial charge in [0.1, 0.15) is 0 Å². The number of ether oxygens (including phenoxy) is 1. The fraction of sp³-hybridized carbons (Fsp3) is 0.517. The van der Waals surface area contributed by atoms with Gasteiger partial charge in [0.05, 0.1) is 12.6 Å². The van der Waals surface area contributed by atoms with E-state index in [0.717, 1.165) is 28.9 Å². The molecule has 6 nitrogen and oxygen atoms in total. The molecular weight excluding hydrogens is 438 g/mol. The SMILES string of the molecule is CC(=O)N1c2ccc(-c3ccc(CN4CCCCC4)cc3)cc2[C@@H](NC(=O)OCC(C)C)C[C@H]1C. The minimum Gasteiger partial charge on any atom is -0.449 e. The van der Waals surface area contributed by atoms with E-state index < -0.39 is 6.09 Å². The number of piperidine rings is 1. The maximum atomic E-state index is 12.5. The highest BCUT2D eigenvalue weighted by molar-refractivity contribution is 5.94. The van der Waals surface area contributed by atoms with Crippen LogP contribution in [0.3, 0.4) is 0 Å². The van der Waals surface area contributed by atoms with Crippen LogP contribution in [-0.2, 0) is 16.1 Å². The van der Waals surface area contributed by atoms with Crippen molar-refractivity contribution in [1.82, 2.24) is 10.2 Å². The molecule has 0 aliphatic carbocycles. The van der Waals surface area contributed by atoms with Gasteiger partial charge in [0, 0.05) is 25.2 Å². The topological polar surface area (TPSA) is 61.9 Å². The van der Waals surface area contributed by atoms with Crippen molar-refractivity contribution < 1.29 is 14.3 Å². The summed E-state index contributed by atoms with van der Waals surface area (Å²) in [6.45, 7) is 11.4. The summed E-state index contributed by atoms with van der Waals surface area (Å²) in [7, 11) is 0. The van der Waals surface area contributed by atoms with Gasteiger partial charge in [0.15, 0.2) is 0 Å². The van der Waals surface area contributed by atoms with E-state index in [1.54, 1.807) is 6.92 Å². The summed E-state index contributed by atoms with van der Waals surface area (Å²) >= 11 is 0. The van der Waals surface area contributed by atoms with Gasteiger partial charge in [-0.2, -0.15) is 0 Å². The second-order valence-electron chi connectivity index (χ2n) is 10.5. The maximum absolute atomic E-state index is 12.5. The molecular formula is C29H39N3O3. The highest BCUT2D eigenvalue weighted by Crippen LogP contribution is 2.39. The first kappa shape index (κ1) is 25.2. The highest BCUT2D eigenvalue weighted by atomic mass is 16.5. The van der Waals surface area contributed by atoms with E-state index in [0.29, 0.717) is 13.0 Å². The lowest BCUT2D eigenvalue weighted by Gasteiger charge is -2.39. The number of alkyl carbamates (subject to hydrolysis) is 1. The summed E-state index contributed by atoms with van der Waals surface area (Å²) < 4.78 is 5.39. The van der Waals surface area contributed by atoms with E-state index in [1.165, 1.54) is 37.9 Å². The molecule has 1 fully saturated rings. The zero-order chi connectivity index (χ0) is 24.9. The van der Waals surface area contributed by atoms with Crippen molar-refractivity contribution in [2.75, 3.05) is 24.6 Å². The Hall–Kier alpha value is -2.86. The molecule has 2 aromatic carbocycles. The van der Waals surface area contributed by atoms with Gasteiger partial charge in [-0.15, -0.1) is 0 Å². The lowest BCUT2D eigenvalue weighted by molar-refractivity contribution is -0.117. The number of fused-ring (bicyclic) bond motifs is 1. The van der Waals surface area contributed by atoms with E-state index in [4.69, 9.17) is 4.74 Å². The van der Waals surface area contributed by atoms with Crippen molar-refractivity contribution in [3.63, 3.8) is 0 Å². The average molecular weight is 478 g/mol. The number of likely N-dealkylation sites (tertiary alicyclic amines) is 1. The van der Waals surface area contributed by atoms with Crippen molar-refractivity contribution >= 4 is 17.7 Å². The van der Waals surface area contributed by atoms with E-state index in [9.17, 15) is 9.59 Å². The third-order valence-electron chi connectivity index (χ3n) is 7.00. The van der Waals surface area contributed by atoms with Gasteiger partial charge in [-0.25, -0.2) is 4.79 Å². The van der Waals surface area contributed by atoms with Crippen LogP contribution in [0.2, 0.25) is 0 Å². The number of nitrogens with zero attached hydrogens (tertiary/aromatic N) is 2. The molecule has 188 valence electrons. The second kappa shape index (κ2) is 11.3. The van der Waals surface area contributed by atoms with Crippen LogP contribution in [0, 0.1) is 5.92 Å². The number of carbonyl (C=O) groups excluding carboxylic acids is 2. The van der Waals surface area contributed by atoms with Gasteiger partial charge in [-0.3, -0.25) is 9.69 Å². The minimum atomic E-state index is -0.411. The van der Waals surface area contributed by atoms with Crippen molar-refractivity contribution in [1.29, 1.82) is 0 Å². The van der Waals surface area contributed by atoms with Crippen molar-refractivity contribution in [2.24, 2.45) is 5.92 Å². The number of hydrogen-bond donors (Lipinski definition) is 1. The van der Waals surface area contributed by atoms with Crippen molar-refractivity contribution in [3.8, 4) is 11.1 Å². The summed E-state index contributed by atoms with van der Waals surface area (Å²) in [6, 6.07) is 14.7. The number of nitrogens with one attached hydrogen (secondary N) is 1. The molecule has 6 heteroatoms. The Morgan fingerprint density at radius 1 is 1.03 bits per heavy atom. The largest absolute Gasteiger partial charge is 0.449 e. The van der Waals surface area contributed by atoms with Gasteiger partial charge in [-0.1, -0.05) is 50.6 Å². The second-order valence-corrected chi connectivity index (χ2v) is 10.5. The number of benzene rings is 2.